The number of hydroxylamine groups is 1. The van der Waals surface area contributed by atoms with Crippen molar-refractivity contribution in [1.82, 2.24) is 19.5 Å². The van der Waals surface area contributed by atoms with E-state index in [1.54, 1.807) is 26.2 Å². The lowest BCUT2D eigenvalue weighted by molar-refractivity contribution is 0.0271. The van der Waals surface area contributed by atoms with E-state index in [0.717, 1.165) is 87.9 Å². The van der Waals surface area contributed by atoms with E-state index in [2.05, 4.69) is 113 Å². The third-order valence-electron chi connectivity index (χ3n) is 15.8. The molecular weight excluding hydrogens is 970 g/mol. The molecule has 8 rings (SSSR count). The van der Waals surface area contributed by atoms with Gasteiger partial charge >= 0.3 is 0 Å². The average molecular weight is 1050 g/mol. The van der Waals surface area contributed by atoms with Crippen molar-refractivity contribution < 1.29 is 31.8 Å². The van der Waals surface area contributed by atoms with Crippen LogP contribution in [-0.4, -0.2) is 102 Å². The Labute approximate surface area is 443 Å². The maximum atomic E-state index is 14.9. The summed E-state index contributed by atoms with van der Waals surface area (Å²) < 4.78 is 63.2. The molecule has 3 fully saturated rings. The number of piperidine rings is 1. The first-order valence-electron chi connectivity index (χ1n) is 26.3. The van der Waals surface area contributed by atoms with Crippen molar-refractivity contribution >= 4 is 33.1 Å². The Kier molecular flexibility index (Phi) is 17.6. The molecule has 2 atom stereocenters. The molecule has 402 valence electrons. The largest absolute Gasteiger partial charge is 0.758 e. The fourth-order valence-corrected chi connectivity index (χ4v) is 12.2. The molecule has 2 unspecified atom stereocenters. The Morgan fingerprint density at radius 1 is 0.960 bits per heavy atom. The summed E-state index contributed by atoms with van der Waals surface area (Å²) in [6, 6.07) is 22.0. The normalized spacial score (nSPS) is 21.2. The van der Waals surface area contributed by atoms with Gasteiger partial charge in [0.05, 0.1) is 18.4 Å². The molecule has 4 aliphatic rings. The number of hydrogen-bond donors (Lipinski definition) is 2. The molecule has 2 aliphatic heterocycles. The minimum Gasteiger partial charge on any atom is -0.758 e. The van der Waals surface area contributed by atoms with Gasteiger partial charge in [0.15, 0.2) is 0 Å². The topological polar surface area (TPSA) is 152 Å². The summed E-state index contributed by atoms with van der Waals surface area (Å²) in [4.78, 5) is 25.9. The van der Waals surface area contributed by atoms with Crippen LogP contribution in [0.4, 0.5) is 21.6 Å². The molecule has 1 saturated carbocycles. The summed E-state index contributed by atoms with van der Waals surface area (Å²) in [5.74, 6) is 1.09. The van der Waals surface area contributed by atoms with Gasteiger partial charge in [0.2, 0.25) is 0 Å². The highest BCUT2D eigenvalue weighted by molar-refractivity contribution is 7.90. The van der Waals surface area contributed by atoms with E-state index in [1.165, 1.54) is 49.1 Å². The highest BCUT2D eigenvalue weighted by Crippen LogP contribution is 2.40. The summed E-state index contributed by atoms with van der Waals surface area (Å²) in [5, 5.41) is 16.6. The van der Waals surface area contributed by atoms with Crippen molar-refractivity contribution in [3.05, 3.63) is 153 Å². The minimum absolute atomic E-state index is 0.0213. The molecule has 3 heterocycles. The smallest absolute Gasteiger partial charge is 0.268 e. The number of allylic oxidation sites excluding steroid dienone is 3. The van der Waals surface area contributed by atoms with Crippen LogP contribution in [0.2, 0.25) is 0 Å². The molecule has 3 aromatic carbocycles. The number of amides is 1. The molecule has 1 amide bonds. The number of aryl methyl sites for hydroxylation is 1. The zero-order chi connectivity index (χ0) is 53.7. The van der Waals surface area contributed by atoms with Crippen molar-refractivity contribution in [3.8, 4) is 11.5 Å². The second-order valence-electron chi connectivity index (χ2n) is 21.2. The first-order chi connectivity index (χ1) is 35.8. The van der Waals surface area contributed by atoms with Crippen LogP contribution in [0.5, 0.6) is 11.5 Å². The molecule has 16 heteroatoms. The van der Waals surface area contributed by atoms with E-state index in [9.17, 15) is 22.8 Å². The van der Waals surface area contributed by atoms with E-state index < -0.39 is 27.9 Å². The second-order valence-corrected chi connectivity index (χ2v) is 22.9. The van der Waals surface area contributed by atoms with Crippen LogP contribution in [0.3, 0.4) is 0 Å². The number of ether oxygens (including phenoxy) is 3. The molecule has 2 N–H and O–H groups in total. The fraction of sp³-hybridized carbons (Fsp3) is 0.458. The first kappa shape index (κ1) is 55.2. The number of hydrogen-bond acceptors (Lipinski definition) is 13. The Bertz CT molecular complexity index is 2920. The molecular formula is C59H75FN7O7S-. The van der Waals surface area contributed by atoms with Crippen LogP contribution < -0.4 is 29.5 Å². The number of nitrogens with one attached hydrogen (secondary N) is 2. The van der Waals surface area contributed by atoms with Gasteiger partial charge < -0.3 is 34.7 Å². The van der Waals surface area contributed by atoms with Gasteiger partial charge in [0.25, 0.3) is 15.9 Å². The molecule has 14 nitrogen and oxygen atoms in total. The van der Waals surface area contributed by atoms with Crippen molar-refractivity contribution in [3.63, 3.8) is 0 Å². The number of anilines is 3. The number of rotatable bonds is 18. The zero-order valence-corrected chi connectivity index (χ0v) is 45.8. The van der Waals surface area contributed by atoms with E-state index in [1.807, 2.05) is 0 Å². The second kappa shape index (κ2) is 23.9. The van der Waals surface area contributed by atoms with Crippen LogP contribution in [0.25, 0.3) is 0 Å². The quantitative estimate of drug-likeness (QED) is 0.0911. The highest BCUT2D eigenvalue weighted by atomic mass is 32.2. The van der Waals surface area contributed by atoms with Gasteiger partial charge in [-0.25, -0.2) is 22.5 Å². The van der Waals surface area contributed by atoms with Crippen LogP contribution in [-0.2, 0) is 21.3 Å². The Balaban J connectivity index is 1.04. The van der Waals surface area contributed by atoms with Gasteiger partial charge in [0, 0.05) is 88.5 Å². The van der Waals surface area contributed by atoms with Crippen LogP contribution in [0, 0.1) is 24.0 Å². The Morgan fingerprint density at radius 2 is 1.69 bits per heavy atom. The maximum Gasteiger partial charge on any atom is 0.268 e. The third kappa shape index (κ3) is 12.6. The number of carbonyl (C=O) groups is 1. The predicted molar refractivity (Wildman–Crippen MR) is 297 cm³/mol. The van der Waals surface area contributed by atoms with E-state index in [0.29, 0.717) is 59.6 Å². The number of piperazine rings is 1. The van der Waals surface area contributed by atoms with Gasteiger partial charge in [-0.2, -0.15) is 0 Å². The van der Waals surface area contributed by atoms with Gasteiger partial charge in [-0.05, 0) is 128 Å². The molecule has 1 aromatic heterocycles. The summed E-state index contributed by atoms with van der Waals surface area (Å²) in [7, 11) is -0.118. The van der Waals surface area contributed by atoms with Crippen molar-refractivity contribution in [1.29, 1.82) is 0 Å². The summed E-state index contributed by atoms with van der Waals surface area (Å²) in [6.07, 6.45) is 7.88. The maximum absolute atomic E-state index is 14.9. The third-order valence-corrected chi connectivity index (χ3v) is 17.1. The number of sulfonamides is 1. The van der Waals surface area contributed by atoms with Crippen molar-refractivity contribution in [2.24, 2.45) is 11.8 Å². The van der Waals surface area contributed by atoms with Gasteiger partial charge in [-0.1, -0.05) is 83.2 Å². The molecule has 0 radical (unpaired) electrons. The minimum atomic E-state index is -4.58. The van der Waals surface area contributed by atoms with Crippen LogP contribution >= 0.6 is 0 Å². The summed E-state index contributed by atoms with van der Waals surface area (Å²) in [5.41, 5.74) is 6.88. The number of halogens is 1. The lowest BCUT2D eigenvalue weighted by atomic mass is 9.83. The molecule has 2 aliphatic carbocycles. The molecule has 4 aromatic rings. The number of pyridine rings is 1. The molecule has 0 bridgehead atoms. The number of nitrogens with zero attached hydrogens (tertiary/aromatic N) is 5. The highest BCUT2D eigenvalue weighted by Gasteiger charge is 2.37. The Hall–Kier alpha value is -6.04. The van der Waals surface area contributed by atoms with E-state index >= 15 is 0 Å². The van der Waals surface area contributed by atoms with Gasteiger partial charge in [-0.3, -0.25) is 14.6 Å². The van der Waals surface area contributed by atoms with Gasteiger partial charge in [0.1, 0.15) is 39.9 Å². The monoisotopic (exact) mass is 1040 g/mol. The predicted octanol–water partition coefficient (Wildman–Crippen LogP) is 11.0. The standard InChI is InChI=1S/C59H75FN7O7S/c1-37(2)48-13-11-12-14-49(48)53-36-65(35-44-20-17-39(4)54(29-44)72-9)27-28-67(53)45-23-25-66(26-24-45)46-21-22-50(55(30-46)74-56-32-51(42(7)60)40(5)41(6)57(56)73-10)59(68)63-75(70,71)47-31-52(64(8)69)58(62-34-47)61-33-43-18-15-38(3)16-19-43/h11-14,17,20-22,29-32,34,37-38,43,45,53,57H,6-7,15-16,18-19,23-28,33,35-36H2,1-5,8-10H3,(H,61,62)(H,63,68)/q-1. The van der Waals surface area contributed by atoms with E-state index in [4.69, 9.17) is 14.2 Å². The number of methoxy groups -OCH3 is 2. The van der Waals surface area contributed by atoms with Crippen molar-refractivity contribution in [2.45, 2.75) is 109 Å². The summed E-state index contributed by atoms with van der Waals surface area (Å²) >= 11 is 0. The molecule has 75 heavy (non-hydrogen) atoms. The fourth-order valence-electron chi connectivity index (χ4n) is 11.3. The first-order valence-corrected chi connectivity index (χ1v) is 27.8. The SMILES string of the molecule is C=C(F)C1=C(C)C(=C)C(OC)C(Oc2cc(N3CCC(N4CCN(Cc5ccc(C)c(OC)c5)CC4c4ccccc4C(C)C)CC3)ccc2C(=O)NS(=O)(=O)c2cnc(NCC3CCC(C)CC3)c(N(C)[O-])c2)=C1. The molecule has 2 saturated heterocycles. The van der Waals surface area contributed by atoms with E-state index in [-0.39, 0.29) is 45.1 Å². The zero-order valence-electron chi connectivity index (χ0n) is 45.0. The van der Waals surface area contributed by atoms with Crippen LogP contribution in [0.1, 0.15) is 111 Å². The lowest BCUT2D eigenvalue weighted by Crippen LogP contribution is -2.54. The van der Waals surface area contributed by atoms with Crippen LogP contribution in [0.15, 0.2) is 125 Å². The molecule has 0 spiro atoms. The van der Waals surface area contributed by atoms with Crippen molar-refractivity contribution in [2.75, 3.05) is 75.8 Å². The number of aromatic nitrogens is 1. The van der Waals surface area contributed by atoms with Gasteiger partial charge in [-0.15, -0.1) is 0 Å². The number of benzene rings is 3. The lowest BCUT2D eigenvalue weighted by Gasteiger charge is -2.48. The number of carbonyl (C=O) groups excluding carboxylic acids is 1. The summed E-state index contributed by atoms with van der Waals surface area (Å²) in [6.45, 7) is 23.8. The Morgan fingerprint density at radius 3 is 2.37 bits per heavy atom. The average Bonchev–Trinajstić information content (AvgIpc) is 3.39.